The van der Waals surface area contributed by atoms with Crippen LogP contribution in [0.2, 0.25) is 0 Å². The fourth-order valence-electron chi connectivity index (χ4n) is 1.59. The van der Waals surface area contributed by atoms with Crippen LogP contribution in [0.3, 0.4) is 0 Å². The molecule has 0 atom stereocenters. The quantitative estimate of drug-likeness (QED) is 0.789. The molecule has 0 amide bonds. The first kappa shape index (κ1) is 14.1. The lowest BCUT2D eigenvalue weighted by Gasteiger charge is -2.04. The van der Waals surface area contributed by atoms with Gasteiger partial charge in [0.2, 0.25) is 0 Å². The summed E-state index contributed by atoms with van der Waals surface area (Å²) in [6.45, 7) is 5.85. The van der Waals surface area contributed by atoms with Gasteiger partial charge in [-0.3, -0.25) is 4.68 Å². The van der Waals surface area contributed by atoms with Gasteiger partial charge in [-0.05, 0) is 12.1 Å². The fraction of sp³-hybridized carbons (Fsp3) is 0.429. The molecule has 1 aromatic carbocycles. The summed E-state index contributed by atoms with van der Waals surface area (Å²) in [6, 6.07) is 10.9. The van der Waals surface area contributed by atoms with Gasteiger partial charge in [0.25, 0.3) is 0 Å². The number of nitrogens with zero attached hydrogens (tertiary/aromatic N) is 3. The van der Waals surface area contributed by atoms with E-state index in [9.17, 15) is 0 Å². The second-order valence-electron chi connectivity index (χ2n) is 4.62. The Hall–Kier alpha value is -1.33. The van der Waals surface area contributed by atoms with Crippen LogP contribution in [-0.2, 0) is 13.1 Å². The van der Waals surface area contributed by atoms with Crippen LogP contribution in [0.1, 0.15) is 19.7 Å². The van der Waals surface area contributed by atoms with Gasteiger partial charge in [0.15, 0.2) is 5.82 Å². The molecule has 0 bridgehead atoms. The van der Waals surface area contributed by atoms with Crippen molar-refractivity contribution in [2.45, 2.75) is 37.9 Å². The monoisotopic (exact) mass is 276 g/mol. The lowest BCUT2D eigenvalue weighted by molar-refractivity contribution is 0.563. The van der Waals surface area contributed by atoms with Crippen LogP contribution in [0.15, 0.2) is 41.6 Å². The van der Waals surface area contributed by atoms with E-state index in [2.05, 4.69) is 53.5 Å². The average Bonchev–Trinajstić information content (AvgIpc) is 2.86. The Morgan fingerprint density at radius 1 is 1.26 bits per heavy atom. The van der Waals surface area contributed by atoms with Gasteiger partial charge in [0.1, 0.15) is 6.33 Å². The van der Waals surface area contributed by atoms with Gasteiger partial charge in [0.05, 0.1) is 13.1 Å². The van der Waals surface area contributed by atoms with Gasteiger partial charge in [-0.1, -0.05) is 32.0 Å². The summed E-state index contributed by atoms with van der Waals surface area (Å²) >= 11 is 1.84. The molecule has 2 aromatic rings. The fourth-order valence-corrected chi connectivity index (χ4v) is 2.45. The summed E-state index contributed by atoms with van der Waals surface area (Å²) in [4.78, 5) is 5.59. The van der Waals surface area contributed by atoms with Gasteiger partial charge in [0, 0.05) is 16.7 Å². The van der Waals surface area contributed by atoms with Crippen LogP contribution in [-0.4, -0.2) is 26.6 Å². The zero-order valence-corrected chi connectivity index (χ0v) is 12.2. The molecule has 0 saturated carbocycles. The van der Waals surface area contributed by atoms with Crippen LogP contribution in [0, 0.1) is 0 Å². The number of hydrogen-bond donors (Lipinski definition) is 1. The van der Waals surface area contributed by atoms with E-state index in [-0.39, 0.29) is 0 Å². The van der Waals surface area contributed by atoms with E-state index >= 15 is 0 Å². The van der Waals surface area contributed by atoms with E-state index in [0.29, 0.717) is 6.04 Å². The molecule has 0 unspecified atom stereocenters. The van der Waals surface area contributed by atoms with Crippen molar-refractivity contribution in [1.29, 1.82) is 0 Å². The lowest BCUT2D eigenvalue weighted by atomic mass is 10.4. The second-order valence-corrected chi connectivity index (χ2v) is 5.79. The second kappa shape index (κ2) is 7.31. The largest absolute Gasteiger partial charge is 0.308 e. The first-order valence-corrected chi connectivity index (χ1v) is 7.52. The third kappa shape index (κ3) is 5.04. The van der Waals surface area contributed by atoms with Crippen molar-refractivity contribution in [2.24, 2.45) is 0 Å². The van der Waals surface area contributed by atoms with Crippen LogP contribution in [0.4, 0.5) is 0 Å². The SMILES string of the molecule is CC(C)NCc1ncn(CCSc2ccccc2)n1. The molecule has 102 valence electrons. The molecule has 0 aliphatic carbocycles. The van der Waals surface area contributed by atoms with Gasteiger partial charge in [-0.15, -0.1) is 11.8 Å². The Labute approximate surface area is 118 Å². The Balaban J connectivity index is 1.74. The van der Waals surface area contributed by atoms with E-state index < -0.39 is 0 Å². The minimum absolute atomic E-state index is 0.459. The highest BCUT2D eigenvalue weighted by Gasteiger charge is 2.02. The predicted molar refractivity (Wildman–Crippen MR) is 79.2 cm³/mol. The maximum absolute atomic E-state index is 4.44. The average molecular weight is 276 g/mol. The maximum atomic E-state index is 4.44. The molecule has 0 saturated heterocycles. The number of rotatable bonds is 7. The topological polar surface area (TPSA) is 42.7 Å². The summed E-state index contributed by atoms with van der Waals surface area (Å²) in [7, 11) is 0. The molecule has 0 spiro atoms. The predicted octanol–water partition coefficient (Wildman–Crippen LogP) is 2.57. The Kier molecular flexibility index (Phi) is 5.42. The smallest absolute Gasteiger partial charge is 0.164 e. The minimum atomic E-state index is 0.459. The molecule has 0 radical (unpaired) electrons. The number of benzene rings is 1. The van der Waals surface area contributed by atoms with E-state index in [1.807, 2.05) is 28.8 Å². The number of aromatic nitrogens is 3. The van der Waals surface area contributed by atoms with Crippen LogP contribution < -0.4 is 5.32 Å². The first-order valence-electron chi connectivity index (χ1n) is 6.53. The Morgan fingerprint density at radius 2 is 2.05 bits per heavy atom. The highest BCUT2D eigenvalue weighted by atomic mass is 32.2. The van der Waals surface area contributed by atoms with E-state index in [0.717, 1.165) is 24.7 Å². The molecule has 4 nitrogen and oxygen atoms in total. The molecule has 1 aromatic heterocycles. The van der Waals surface area contributed by atoms with Crippen molar-refractivity contribution in [2.75, 3.05) is 5.75 Å². The van der Waals surface area contributed by atoms with Crippen molar-refractivity contribution in [3.8, 4) is 0 Å². The summed E-state index contributed by atoms with van der Waals surface area (Å²) in [5.74, 6) is 1.86. The molecule has 0 aliphatic rings. The van der Waals surface area contributed by atoms with E-state index in [1.165, 1.54) is 4.90 Å². The Bertz CT molecular complexity index is 481. The third-order valence-electron chi connectivity index (χ3n) is 2.58. The lowest BCUT2D eigenvalue weighted by Crippen LogP contribution is -2.22. The standard InChI is InChI=1S/C14H20N4S/c1-12(2)15-10-14-16-11-18(17-14)8-9-19-13-6-4-3-5-7-13/h3-7,11-12,15H,8-10H2,1-2H3. The molecule has 1 heterocycles. The van der Waals surface area contributed by atoms with Crippen molar-refractivity contribution in [1.82, 2.24) is 20.1 Å². The molecular formula is C14H20N4S. The zero-order chi connectivity index (χ0) is 13.5. The molecule has 5 heteroatoms. The molecular weight excluding hydrogens is 256 g/mol. The third-order valence-corrected chi connectivity index (χ3v) is 3.58. The number of hydrogen-bond acceptors (Lipinski definition) is 4. The van der Waals surface area contributed by atoms with E-state index in [1.54, 1.807) is 0 Å². The van der Waals surface area contributed by atoms with Crippen LogP contribution >= 0.6 is 11.8 Å². The summed E-state index contributed by atoms with van der Waals surface area (Å²) < 4.78 is 1.91. The molecule has 2 rings (SSSR count). The van der Waals surface area contributed by atoms with Gasteiger partial charge >= 0.3 is 0 Å². The molecule has 1 N–H and O–H groups in total. The number of aryl methyl sites for hydroxylation is 1. The number of thioether (sulfide) groups is 1. The normalized spacial score (nSPS) is 11.1. The highest BCUT2D eigenvalue weighted by Crippen LogP contribution is 2.16. The summed E-state index contributed by atoms with van der Waals surface area (Å²) in [5, 5.41) is 7.76. The van der Waals surface area contributed by atoms with Crippen LogP contribution in [0.5, 0.6) is 0 Å². The van der Waals surface area contributed by atoms with Crippen molar-refractivity contribution >= 4 is 11.8 Å². The maximum Gasteiger partial charge on any atom is 0.164 e. The van der Waals surface area contributed by atoms with Gasteiger partial charge in [-0.2, -0.15) is 5.10 Å². The first-order chi connectivity index (χ1) is 9.24. The van der Waals surface area contributed by atoms with E-state index in [4.69, 9.17) is 0 Å². The number of nitrogens with one attached hydrogen (secondary N) is 1. The van der Waals surface area contributed by atoms with Crippen LogP contribution in [0.25, 0.3) is 0 Å². The van der Waals surface area contributed by atoms with Gasteiger partial charge < -0.3 is 5.32 Å². The van der Waals surface area contributed by atoms with Crippen molar-refractivity contribution in [3.05, 3.63) is 42.5 Å². The highest BCUT2D eigenvalue weighted by molar-refractivity contribution is 7.99. The van der Waals surface area contributed by atoms with Crippen molar-refractivity contribution in [3.63, 3.8) is 0 Å². The summed E-state index contributed by atoms with van der Waals surface area (Å²) in [6.07, 6.45) is 1.81. The Morgan fingerprint density at radius 3 is 2.79 bits per heavy atom. The zero-order valence-electron chi connectivity index (χ0n) is 11.4. The van der Waals surface area contributed by atoms with Gasteiger partial charge in [-0.25, -0.2) is 4.98 Å². The molecule has 0 aliphatic heterocycles. The molecule has 19 heavy (non-hydrogen) atoms. The summed E-state index contributed by atoms with van der Waals surface area (Å²) in [5.41, 5.74) is 0. The van der Waals surface area contributed by atoms with Crippen molar-refractivity contribution < 1.29 is 0 Å². The molecule has 0 fully saturated rings. The minimum Gasteiger partial charge on any atom is -0.308 e.